The molecule has 0 atom stereocenters. The first-order chi connectivity index (χ1) is 13.1. The molecule has 0 unspecified atom stereocenters. The monoisotopic (exact) mass is 425 g/mol. The average molecular weight is 426 g/mol. The largest absolute Gasteiger partial charge is 0.312 e. The molecular formula is C16H20ClN7O3S. The minimum atomic E-state index is -3.65. The van der Waals surface area contributed by atoms with Crippen molar-refractivity contribution in [3.63, 3.8) is 0 Å². The number of hydrogen-bond acceptors (Lipinski definition) is 8. The lowest BCUT2D eigenvalue weighted by molar-refractivity contribution is 0.306. The number of sulfonamides is 1. The number of piperidine rings is 1. The molecule has 0 aliphatic carbocycles. The summed E-state index contributed by atoms with van der Waals surface area (Å²) in [5.74, 6) is 2.16. The number of benzene rings is 1. The topological polar surface area (TPSA) is 119 Å². The van der Waals surface area contributed by atoms with Gasteiger partial charge in [-0.2, -0.15) is 4.31 Å². The molecule has 1 fully saturated rings. The van der Waals surface area contributed by atoms with E-state index in [1.54, 1.807) is 18.2 Å². The first-order valence-corrected chi connectivity index (χ1v) is 10.4. The van der Waals surface area contributed by atoms with Crippen molar-refractivity contribution in [3.05, 3.63) is 29.8 Å². The summed E-state index contributed by atoms with van der Waals surface area (Å²) in [5, 5.41) is 19.4. The Hall–Kier alpha value is -2.08. The summed E-state index contributed by atoms with van der Waals surface area (Å²) in [6.45, 7) is 3.37. The number of nitrogens with zero attached hydrogens (tertiary/aromatic N) is 6. The van der Waals surface area contributed by atoms with Crippen molar-refractivity contribution < 1.29 is 13.0 Å². The zero-order valence-corrected chi connectivity index (χ0v) is 16.6. The molecule has 2 aliphatic rings. The molecule has 1 N–H and O–H groups in total. The third-order valence-corrected chi connectivity index (χ3v) is 7.27. The predicted octanol–water partition coefficient (Wildman–Crippen LogP) is 0.908. The minimum absolute atomic E-state index is 0. The highest BCUT2D eigenvalue weighted by Gasteiger charge is 2.34. The lowest BCUT2D eigenvalue weighted by Crippen LogP contribution is -2.39. The summed E-state index contributed by atoms with van der Waals surface area (Å²) < 4.78 is 34.6. The Morgan fingerprint density at radius 1 is 1.11 bits per heavy atom. The molecule has 0 saturated carbocycles. The molecule has 0 bridgehead atoms. The second-order valence-electron chi connectivity index (χ2n) is 6.87. The zero-order chi connectivity index (χ0) is 18.4. The van der Waals surface area contributed by atoms with Gasteiger partial charge in [0.05, 0.1) is 6.54 Å². The summed E-state index contributed by atoms with van der Waals surface area (Å²) in [5.41, 5.74) is 0.716. The van der Waals surface area contributed by atoms with Crippen molar-refractivity contribution in [1.82, 2.24) is 34.7 Å². The molecule has 0 spiro atoms. The standard InChI is InChI=1S/C16H19N7O3S.ClH/c24-27(25,13-3-1-2-12-15(13)21-26-20-12)22-7-4-11(5-8-22)16-19-18-14-10-17-6-9-23(14)16;/h1-3,11,17H,4-10H2;1H. The average Bonchev–Trinajstić information content (AvgIpc) is 3.34. The van der Waals surface area contributed by atoms with Crippen molar-refractivity contribution in [2.75, 3.05) is 19.6 Å². The van der Waals surface area contributed by atoms with Crippen LogP contribution < -0.4 is 5.32 Å². The Kier molecular flexibility index (Phi) is 5.08. The van der Waals surface area contributed by atoms with Crippen LogP contribution in [0.2, 0.25) is 0 Å². The van der Waals surface area contributed by atoms with Crippen LogP contribution in [-0.4, -0.2) is 57.4 Å². The molecule has 2 aromatic heterocycles. The number of rotatable bonds is 3. The first-order valence-electron chi connectivity index (χ1n) is 8.99. The van der Waals surface area contributed by atoms with Crippen LogP contribution in [0.1, 0.15) is 30.4 Å². The number of fused-ring (bicyclic) bond motifs is 2. The van der Waals surface area contributed by atoms with Crippen LogP contribution in [0.15, 0.2) is 27.7 Å². The molecule has 10 nitrogen and oxygen atoms in total. The quantitative estimate of drug-likeness (QED) is 0.657. The van der Waals surface area contributed by atoms with Crippen molar-refractivity contribution in [2.24, 2.45) is 0 Å². The van der Waals surface area contributed by atoms with Gasteiger partial charge in [-0.1, -0.05) is 6.07 Å². The van der Waals surface area contributed by atoms with Gasteiger partial charge >= 0.3 is 0 Å². The lowest BCUT2D eigenvalue weighted by Gasteiger charge is -2.31. The SMILES string of the molecule is Cl.O=S(=O)(c1cccc2nonc12)N1CCC(c2nnc3n2CCNC3)CC1. The van der Waals surface area contributed by atoms with Gasteiger partial charge in [0.25, 0.3) is 0 Å². The summed E-state index contributed by atoms with van der Waals surface area (Å²) in [6.07, 6.45) is 1.44. The van der Waals surface area contributed by atoms with Crippen LogP contribution in [0.5, 0.6) is 0 Å². The van der Waals surface area contributed by atoms with Crippen LogP contribution in [0.4, 0.5) is 0 Å². The fourth-order valence-electron chi connectivity index (χ4n) is 3.90. The molecular weight excluding hydrogens is 406 g/mol. The molecule has 2 aliphatic heterocycles. The highest BCUT2D eigenvalue weighted by atomic mass is 35.5. The van der Waals surface area contributed by atoms with E-state index in [0.29, 0.717) is 18.6 Å². The Labute approximate surface area is 167 Å². The fourth-order valence-corrected chi connectivity index (χ4v) is 5.51. The van der Waals surface area contributed by atoms with E-state index in [-0.39, 0.29) is 28.7 Å². The smallest absolute Gasteiger partial charge is 0.245 e. The van der Waals surface area contributed by atoms with Gasteiger partial charge in [-0.15, -0.1) is 22.6 Å². The summed E-state index contributed by atoms with van der Waals surface area (Å²) >= 11 is 0. The van der Waals surface area contributed by atoms with Gasteiger partial charge < -0.3 is 9.88 Å². The predicted molar refractivity (Wildman–Crippen MR) is 102 cm³/mol. The van der Waals surface area contributed by atoms with Gasteiger partial charge in [-0.25, -0.2) is 13.0 Å². The van der Waals surface area contributed by atoms with Gasteiger partial charge in [0.1, 0.15) is 22.1 Å². The molecule has 0 radical (unpaired) electrons. The molecule has 3 aromatic rings. The van der Waals surface area contributed by atoms with Gasteiger partial charge in [-0.3, -0.25) is 0 Å². The van der Waals surface area contributed by atoms with E-state index < -0.39 is 10.0 Å². The van der Waals surface area contributed by atoms with Gasteiger partial charge in [0, 0.05) is 32.1 Å². The molecule has 5 rings (SSSR count). The van der Waals surface area contributed by atoms with Crippen LogP contribution in [0.25, 0.3) is 11.0 Å². The second-order valence-corrected chi connectivity index (χ2v) is 8.78. The first kappa shape index (κ1) is 19.2. The second kappa shape index (κ2) is 7.39. The molecule has 0 amide bonds. The Morgan fingerprint density at radius 3 is 2.75 bits per heavy atom. The van der Waals surface area contributed by atoms with Gasteiger partial charge in [0.2, 0.25) is 10.0 Å². The normalized spacial score (nSPS) is 18.7. The Bertz CT molecular complexity index is 1090. The maximum atomic E-state index is 13.1. The fraction of sp³-hybridized carbons (Fsp3) is 0.500. The third kappa shape index (κ3) is 3.08. The highest BCUT2D eigenvalue weighted by Crippen LogP contribution is 2.32. The summed E-state index contributed by atoms with van der Waals surface area (Å²) in [6, 6.07) is 4.89. The van der Waals surface area contributed by atoms with Crippen LogP contribution in [-0.2, 0) is 23.1 Å². The van der Waals surface area contributed by atoms with Crippen molar-refractivity contribution in [2.45, 2.75) is 36.7 Å². The number of halogens is 1. The van der Waals surface area contributed by atoms with Crippen molar-refractivity contribution in [3.8, 4) is 0 Å². The molecule has 28 heavy (non-hydrogen) atoms. The molecule has 150 valence electrons. The number of nitrogens with one attached hydrogen (secondary N) is 1. The minimum Gasteiger partial charge on any atom is -0.312 e. The summed E-state index contributed by atoms with van der Waals surface area (Å²) in [4.78, 5) is 0.144. The number of hydrogen-bond donors (Lipinski definition) is 1. The summed E-state index contributed by atoms with van der Waals surface area (Å²) in [7, 11) is -3.65. The molecule has 1 aromatic carbocycles. The van der Waals surface area contributed by atoms with E-state index in [0.717, 1.165) is 44.1 Å². The van der Waals surface area contributed by atoms with Gasteiger partial charge in [-0.05, 0) is 35.3 Å². The van der Waals surface area contributed by atoms with E-state index in [4.69, 9.17) is 4.63 Å². The number of aromatic nitrogens is 5. The molecule has 1 saturated heterocycles. The van der Waals surface area contributed by atoms with E-state index in [1.807, 2.05) is 0 Å². The van der Waals surface area contributed by atoms with Crippen LogP contribution in [0.3, 0.4) is 0 Å². The Balaban J connectivity index is 0.00000192. The highest BCUT2D eigenvalue weighted by molar-refractivity contribution is 7.89. The maximum absolute atomic E-state index is 13.1. The van der Waals surface area contributed by atoms with Crippen molar-refractivity contribution >= 4 is 33.5 Å². The molecule has 12 heteroatoms. The van der Waals surface area contributed by atoms with Gasteiger partial charge in [0.15, 0.2) is 5.52 Å². The van der Waals surface area contributed by atoms with Crippen LogP contribution in [0, 0.1) is 0 Å². The van der Waals surface area contributed by atoms with E-state index in [2.05, 4.69) is 30.4 Å². The third-order valence-electron chi connectivity index (χ3n) is 5.34. The van der Waals surface area contributed by atoms with E-state index in [1.165, 1.54) is 4.31 Å². The zero-order valence-electron chi connectivity index (χ0n) is 15.0. The maximum Gasteiger partial charge on any atom is 0.245 e. The molecule has 4 heterocycles. The Morgan fingerprint density at radius 2 is 1.93 bits per heavy atom. The van der Waals surface area contributed by atoms with E-state index >= 15 is 0 Å². The lowest BCUT2D eigenvalue weighted by atomic mass is 9.97. The van der Waals surface area contributed by atoms with E-state index in [9.17, 15) is 8.42 Å². The van der Waals surface area contributed by atoms with Crippen LogP contribution >= 0.6 is 12.4 Å². The van der Waals surface area contributed by atoms with Crippen molar-refractivity contribution in [1.29, 1.82) is 0 Å².